The van der Waals surface area contributed by atoms with Crippen LogP contribution in [0.1, 0.15) is 22.3 Å². The van der Waals surface area contributed by atoms with E-state index in [9.17, 15) is 5.11 Å². The molecule has 6 rings (SSSR count). The number of aromatic nitrogens is 1. The molecular weight excluding hydrogens is 358 g/mol. The Morgan fingerprint density at radius 1 is 0.793 bits per heavy atom. The maximum Gasteiger partial charge on any atom is 0.161 e. The summed E-state index contributed by atoms with van der Waals surface area (Å²) >= 11 is 0. The number of hydrogen-bond donors (Lipinski definition) is 1. The average Bonchev–Trinajstić information content (AvgIpc) is 3.31. The third-order valence-electron chi connectivity index (χ3n) is 6.15. The van der Waals surface area contributed by atoms with Crippen LogP contribution >= 0.6 is 0 Å². The zero-order chi connectivity index (χ0) is 19.5. The van der Waals surface area contributed by atoms with Crippen LogP contribution in [-0.4, -0.2) is 17.2 Å². The number of pyridine rings is 1. The van der Waals surface area contributed by atoms with Gasteiger partial charge in [0, 0.05) is 24.0 Å². The first-order valence-electron chi connectivity index (χ1n) is 9.84. The van der Waals surface area contributed by atoms with Crippen LogP contribution in [0.15, 0.2) is 66.7 Å². The number of ether oxygens (including phenoxy) is 1. The molecule has 0 bridgehead atoms. The number of methoxy groups -OCH3 is 1. The zero-order valence-corrected chi connectivity index (χ0v) is 16.1. The molecule has 2 aliphatic rings. The summed E-state index contributed by atoms with van der Waals surface area (Å²) < 4.78 is 5.40. The van der Waals surface area contributed by atoms with Crippen molar-refractivity contribution in [3.63, 3.8) is 0 Å². The van der Waals surface area contributed by atoms with E-state index >= 15 is 0 Å². The lowest BCUT2D eigenvalue weighted by atomic mass is 9.92. The van der Waals surface area contributed by atoms with E-state index in [1.165, 1.54) is 38.9 Å². The van der Waals surface area contributed by atoms with Gasteiger partial charge in [0.15, 0.2) is 11.5 Å². The third-order valence-corrected chi connectivity index (χ3v) is 6.15. The summed E-state index contributed by atoms with van der Waals surface area (Å²) in [7, 11) is 1.59. The summed E-state index contributed by atoms with van der Waals surface area (Å²) in [5, 5.41) is 10.1. The molecular formula is C26H19NO2. The van der Waals surface area contributed by atoms with Crippen molar-refractivity contribution < 1.29 is 9.84 Å². The second kappa shape index (κ2) is 5.95. The fraction of sp³-hybridized carbons (Fsp3) is 0.115. The molecule has 3 nitrogen and oxygen atoms in total. The monoisotopic (exact) mass is 377 g/mol. The Kier molecular flexibility index (Phi) is 3.36. The van der Waals surface area contributed by atoms with Gasteiger partial charge in [-0.2, -0.15) is 0 Å². The van der Waals surface area contributed by atoms with E-state index in [0.29, 0.717) is 5.75 Å². The summed E-state index contributed by atoms with van der Waals surface area (Å²) in [6.45, 7) is 0. The highest BCUT2D eigenvalue weighted by molar-refractivity contribution is 5.91. The number of rotatable bonds is 2. The average molecular weight is 377 g/mol. The van der Waals surface area contributed by atoms with Crippen molar-refractivity contribution in [2.75, 3.05) is 7.11 Å². The van der Waals surface area contributed by atoms with Crippen molar-refractivity contribution in [2.24, 2.45) is 0 Å². The van der Waals surface area contributed by atoms with Crippen LogP contribution in [0.2, 0.25) is 0 Å². The zero-order valence-electron chi connectivity index (χ0n) is 16.1. The minimum absolute atomic E-state index is 0.158. The van der Waals surface area contributed by atoms with E-state index in [2.05, 4.69) is 48.5 Å². The van der Waals surface area contributed by atoms with E-state index in [1.54, 1.807) is 13.2 Å². The predicted octanol–water partition coefficient (Wildman–Crippen LogP) is 5.61. The first kappa shape index (κ1) is 16.4. The van der Waals surface area contributed by atoms with Crippen molar-refractivity contribution in [3.05, 3.63) is 89.0 Å². The summed E-state index contributed by atoms with van der Waals surface area (Å²) in [4.78, 5) is 5.18. The SMILES string of the molecule is COc1cc(-c2c3c(nc4c2Cc2ccccc2-4)-c2ccccc2C3)ccc1O. The highest BCUT2D eigenvalue weighted by Gasteiger charge is 2.31. The molecule has 2 aliphatic carbocycles. The van der Waals surface area contributed by atoms with E-state index in [0.717, 1.165) is 29.8 Å². The predicted molar refractivity (Wildman–Crippen MR) is 114 cm³/mol. The quantitative estimate of drug-likeness (QED) is 0.427. The molecule has 0 fully saturated rings. The Balaban J connectivity index is 1.69. The Hall–Kier alpha value is -3.59. The largest absolute Gasteiger partial charge is 0.504 e. The van der Waals surface area contributed by atoms with Crippen LogP contribution in [0.5, 0.6) is 11.5 Å². The van der Waals surface area contributed by atoms with Crippen LogP contribution in [-0.2, 0) is 12.8 Å². The molecule has 1 N–H and O–H groups in total. The van der Waals surface area contributed by atoms with Gasteiger partial charge in [0.05, 0.1) is 18.5 Å². The van der Waals surface area contributed by atoms with E-state index < -0.39 is 0 Å². The maximum absolute atomic E-state index is 10.1. The highest BCUT2D eigenvalue weighted by atomic mass is 16.5. The minimum Gasteiger partial charge on any atom is -0.504 e. The van der Waals surface area contributed by atoms with Crippen molar-refractivity contribution >= 4 is 0 Å². The molecule has 0 saturated carbocycles. The van der Waals surface area contributed by atoms with Gasteiger partial charge >= 0.3 is 0 Å². The summed E-state index contributed by atoms with van der Waals surface area (Å²) in [6.07, 6.45) is 1.75. The first-order valence-corrected chi connectivity index (χ1v) is 9.84. The van der Waals surface area contributed by atoms with Gasteiger partial charge in [-0.3, -0.25) is 0 Å². The van der Waals surface area contributed by atoms with Crippen molar-refractivity contribution in [2.45, 2.75) is 12.8 Å². The molecule has 0 atom stereocenters. The fourth-order valence-electron chi connectivity index (χ4n) is 4.83. The van der Waals surface area contributed by atoms with Gasteiger partial charge in [-0.05, 0) is 45.5 Å². The molecule has 0 spiro atoms. The van der Waals surface area contributed by atoms with Gasteiger partial charge in [0.2, 0.25) is 0 Å². The Bertz CT molecular complexity index is 1230. The molecule has 0 unspecified atom stereocenters. The van der Waals surface area contributed by atoms with Gasteiger partial charge in [-0.25, -0.2) is 4.98 Å². The normalized spacial score (nSPS) is 12.9. The standard InChI is InChI=1S/C26H19NO2/c1-29-23-14-17(10-11-22(23)28)24-20-12-15-6-2-4-8-18(15)25(20)27-26-19-9-5-3-7-16(19)13-21(24)26/h2-11,14,28H,12-13H2,1H3. The van der Waals surface area contributed by atoms with Crippen LogP contribution in [0.4, 0.5) is 0 Å². The minimum atomic E-state index is 0.158. The molecule has 3 aromatic carbocycles. The van der Waals surface area contributed by atoms with Crippen LogP contribution in [0, 0.1) is 0 Å². The van der Waals surface area contributed by atoms with Gasteiger partial charge in [0.1, 0.15) is 0 Å². The molecule has 1 aromatic heterocycles. The smallest absolute Gasteiger partial charge is 0.161 e. The Morgan fingerprint density at radius 3 is 1.97 bits per heavy atom. The highest BCUT2D eigenvalue weighted by Crippen LogP contribution is 2.49. The van der Waals surface area contributed by atoms with Gasteiger partial charge < -0.3 is 9.84 Å². The lowest BCUT2D eigenvalue weighted by molar-refractivity contribution is 0.373. The molecule has 0 amide bonds. The van der Waals surface area contributed by atoms with Gasteiger partial charge in [-0.1, -0.05) is 54.6 Å². The van der Waals surface area contributed by atoms with Gasteiger partial charge in [0.25, 0.3) is 0 Å². The molecule has 0 saturated heterocycles. The molecule has 0 aliphatic heterocycles. The van der Waals surface area contributed by atoms with Crippen LogP contribution < -0.4 is 4.74 Å². The molecule has 4 aromatic rings. The second-order valence-electron chi connectivity index (χ2n) is 7.70. The topological polar surface area (TPSA) is 42.4 Å². The second-order valence-corrected chi connectivity index (χ2v) is 7.70. The lowest BCUT2D eigenvalue weighted by Crippen LogP contribution is -1.99. The van der Waals surface area contributed by atoms with Crippen molar-refractivity contribution in [1.82, 2.24) is 4.98 Å². The summed E-state index contributed by atoms with van der Waals surface area (Å²) in [5.74, 6) is 0.651. The molecule has 140 valence electrons. The fourth-order valence-corrected chi connectivity index (χ4v) is 4.83. The Labute approximate surface area is 169 Å². The first-order chi connectivity index (χ1) is 14.2. The summed E-state index contributed by atoms with van der Waals surface area (Å²) in [6, 6.07) is 22.7. The number of phenols is 1. The number of phenolic OH excluding ortho intramolecular Hbond substituents is 1. The Morgan fingerprint density at radius 2 is 1.38 bits per heavy atom. The molecule has 29 heavy (non-hydrogen) atoms. The van der Waals surface area contributed by atoms with E-state index in [1.807, 2.05) is 12.1 Å². The summed E-state index contributed by atoms with van der Waals surface area (Å²) in [5.41, 5.74) is 12.1. The van der Waals surface area contributed by atoms with E-state index in [-0.39, 0.29) is 5.75 Å². The number of hydrogen-bond acceptors (Lipinski definition) is 3. The number of aromatic hydroxyl groups is 1. The molecule has 3 heteroatoms. The van der Waals surface area contributed by atoms with Crippen LogP contribution in [0.3, 0.4) is 0 Å². The van der Waals surface area contributed by atoms with Crippen molar-refractivity contribution in [1.29, 1.82) is 0 Å². The van der Waals surface area contributed by atoms with Gasteiger partial charge in [-0.15, -0.1) is 0 Å². The van der Waals surface area contributed by atoms with Crippen molar-refractivity contribution in [3.8, 4) is 45.1 Å². The lowest BCUT2D eigenvalue weighted by Gasteiger charge is -2.16. The maximum atomic E-state index is 10.1. The number of nitrogens with zero attached hydrogens (tertiary/aromatic N) is 1. The van der Waals surface area contributed by atoms with Crippen LogP contribution in [0.25, 0.3) is 33.6 Å². The number of fused-ring (bicyclic) bond motifs is 6. The third kappa shape index (κ3) is 2.27. The number of benzene rings is 3. The molecule has 0 radical (unpaired) electrons. The molecule has 1 heterocycles. The van der Waals surface area contributed by atoms with E-state index in [4.69, 9.17) is 9.72 Å².